The molecule has 0 spiro atoms. The average Bonchev–Trinajstić information content (AvgIpc) is 3.73. The minimum absolute atomic E-state index is 0.0311. The van der Waals surface area contributed by atoms with Gasteiger partial charge in [0.05, 0.1) is 11.3 Å². The van der Waals surface area contributed by atoms with E-state index < -0.39 is 0 Å². The van der Waals surface area contributed by atoms with Gasteiger partial charge < -0.3 is 15.1 Å². The first kappa shape index (κ1) is 22.1. The number of pyridine rings is 1. The van der Waals surface area contributed by atoms with E-state index in [2.05, 4.69) is 28.9 Å². The Labute approximate surface area is 189 Å². The first-order valence-corrected chi connectivity index (χ1v) is 11.6. The number of anilines is 1. The molecule has 0 radical (unpaired) electrons. The van der Waals surface area contributed by atoms with Crippen molar-refractivity contribution in [3.8, 4) is 6.07 Å². The largest absolute Gasteiger partial charge is 0.354 e. The van der Waals surface area contributed by atoms with Crippen LogP contribution in [0.4, 0.5) is 5.82 Å². The van der Waals surface area contributed by atoms with Gasteiger partial charge >= 0.3 is 0 Å². The van der Waals surface area contributed by atoms with Crippen LogP contribution in [0.3, 0.4) is 0 Å². The molecule has 2 heterocycles. The van der Waals surface area contributed by atoms with E-state index >= 15 is 0 Å². The van der Waals surface area contributed by atoms with Gasteiger partial charge in [0, 0.05) is 49.6 Å². The Balaban J connectivity index is 1.59. The van der Waals surface area contributed by atoms with Gasteiger partial charge in [0.25, 0.3) is 0 Å². The average molecular weight is 434 g/mol. The Bertz CT molecular complexity index is 1000. The summed E-state index contributed by atoms with van der Waals surface area (Å²) in [7, 11) is 0. The lowest BCUT2D eigenvalue weighted by Gasteiger charge is -2.28. The molecule has 0 aromatic carbocycles. The van der Waals surface area contributed by atoms with Crippen LogP contribution in [0, 0.1) is 17.2 Å². The number of hydrogen-bond acceptors (Lipinski definition) is 5. The molecule has 1 N–H and O–H groups in total. The van der Waals surface area contributed by atoms with Crippen molar-refractivity contribution in [2.24, 2.45) is 5.92 Å². The zero-order chi connectivity index (χ0) is 22.8. The Morgan fingerprint density at radius 1 is 1.41 bits per heavy atom. The molecule has 2 amide bonds. The number of nitriles is 1. The van der Waals surface area contributed by atoms with Gasteiger partial charge in [-0.3, -0.25) is 9.59 Å². The van der Waals surface area contributed by atoms with Crippen molar-refractivity contribution in [3.05, 3.63) is 41.6 Å². The van der Waals surface area contributed by atoms with Gasteiger partial charge in [-0.1, -0.05) is 12.7 Å². The third-order valence-electron chi connectivity index (χ3n) is 6.38. The first-order chi connectivity index (χ1) is 15.4. The van der Waals surface area contributed by atoms with E-state index in [9.17, 15) is 14.9 Å². The number of carbonyl (C=O) groups is 2. The summed E-state index contributed by atoms with van der Waals surface area (Å²) >= 11 is 0. The van der Waals surface area contributed by atoms with Crippen LogP contribution in [0.25, 0.3) is 5.57 Å². The van der Waals surface area contributed by atoms with Gasteiger partial charge in [-0.15, -0.1) is 0 Å². The Kier molecular flexibility index (Phi) is 6.31. The molecule has 2 fully saturated rings. The van der Waals surface area contributed by atoms with Crippen molar-refractivity contribution in [2.75, 3.05) is 31.1 Å². The molecule has 7 nitrogen and oxygen atoms in total. The maximum atomic E-state index is 12.1. The number of likely N-dealkylation sites (N-methyl/N-ethyl adjacent to an activating group) is 1. The fourth-order valence-electron chi connectivity index (χ4n) is 4.26. The molecule has 7 heteroatoms. The zero-order valence-electron chi connectivity index (χ0n) is 18.9. The second-order valence-electron chi connectivity index (χ2n) is 9.05. The Morgan fingerprint density at radius 2 is 2.16 bits per heavy atom. The number of amides is 2. The molecule has 168 valence electrons. The molecule has 2 aliphatic carbocycles. The molecule has 1 aromatic heterocycles. The summed E-state index contributed by atoms with van der Waals surface area (Å²) in [5.74, 6) is 1.29. The molecule has 32 heavy (non-hydrogen) atoms. The standard InChI is InChI=1S/C25H31N5O2/c1-4-22(31)30-11-10-19(15-30)21-12-20(13-26)24(28-23(21)17-6-7-17)29(5-2)14-16(3)27-25(32)18-8-9-18/h4,10,12,16-18H,1,5-9,11,14-15H2,2-3H3,(H,27,32). The van der Waals surface area contributed by atoms with Gasteiger partial charge in [-0.2, -0.15) is 5.26 Å². The van der Waals surface area contributed by atoms with Gasteiger partial charge in [0.15, 0.2) is 0 Å². The van der Waals surface area contributed by atoms with Crippen molar-refractivity contribution >= 4 is 23.2 Å². The Hall–Kier alpha value is -3.14. The number of rotatable bonds is 9. The van der Waals surface area contributed by atoms with Crippen LogP contribution in [0.5, 0.6) is 0 Å². The minimum Gasteiger partial charge on any atom is -0.354 e. The molecule has 2 saturated carbocycles. The van der Waals surface area contributed by atoms with Gasteiger partial charge in [0.1, 0.15) is 11.9 Å². The predicted octanol–water partition coefficient (Wildman–Crippen LogP) is 2.98. The molecule has 4 rings (SSSR count). The molecule has 1 unspecified atom stereocenters. The van der Waals surface area contributed by atoms with Crippen molar-refractivity contribution < 1.29 is 9.59 Å². The summed E-state index contributed by atoms with van der Waals surface area (Å²) in [5, 5.41) is 13.0. The summed E-state index contributed by atoms with van der Waals surface area (Å²) < 4.78 is 0. The maximum absolute atomic E-state index is 12.1. The van der Waals surface area contributed by atoms with E-state index in [0.29, 0.717) is 43.5 Å². The highest BCUT2D eigenvalue weighted by Gasteiger charge is 2.33. The molecule has 0 saturated heterocycles. The second-order valence-corrected chi connectivity index (χ2v) is 9.05. The smallest absolute Gasteiger partial charge is 0.246 e. The van der Waals surface area contributed by atoms with Crippen molar-refractivity contribution in [1.82, 2.24) is 15.2 Å². The molecule has 1 atom stereocenters. The van der Waals surface area contributed by atoms with Crippen LogP contribution in [0.2, 0.25) is 0 Å². The van der Waals surface area contributed by atoms with E-state index in [0.717, 1.165) is 42.5 Å². The molecular formula is C25H31N5O2. The van der Waals surface area contributed by atoms with E-state index in [-0.39, 0.29) is 23.8 Å². The summed E-state index contributed by atoms with van der Waals surface area (Å²) in [5.41, 5.74) is 3.58. The topological polar surface area (TPSA) is 89.3 Å². The SMILES string of the molecule is C=CC(=O)N1CC=C(c2cc(C#N)c(N(CC)CC(C)NC(=O)C3CC3)nc2C2CC2)C1. The second kappa shape index (κ2) is 9.15. The fourth-order valence-corrected chi connectivity index (χ4v) is 4.26. The molecule has 1 aliphatic heterocycles. The van der Waals surface area contributed by atoms with Crippen LogP contribution >= 0.6 is 0 Å². The quantitative estimate of drug-likeness (QED) is 0.605. The van der Waals surface area contributed by atoms with Crippen LogP contribution in [-0.2, 0) is 9.59 Å². The highest BCUT2D eigenvalue weighted by Crippen LogP contribution is 2.44. The van der Waals surface area contributed by atoms with Crippen LogP contribution in [0.15, 0.2) is 24.8 Å². The summed E-state index contributed by atoms with van der Waals surface area (Å²) in [6.45, 7) is 9.98. The van der Waals surface area contributed by atoms with E-state index in [4.69, 9.17) is 4.98 Å². The lowest BCUT2D eigenvalue weighted by Crippen LogP contribution is -2.43. The molecule has 1 aromatic rings. The number of nitrogens with zero attached hydrogens (tertiary/aromatic N) is 4. The number of aromatic nitrogens is 1. The van der Waals surface area contributed by atoms with Crippen molar-refractivity contribution in [1.29, 1.82) is 5.26 Å². The predicted molar refractivity (Wildman–Crippen MR) is 124 cm³/mol. The normalized spacial score (nSPS) is 18.5. The first-order valence-electron chi connectivity index (χ1n) is 11.6. The third-order valence-corrected chi connectivity index (χ3v) is 6.38. The number of hydrogen-bond donors (Lipinski definition) is 1. The molecule has 3 aliphatic rings. The van der Waals surface area contributed by atoms with Crippen LogP contribution < -0.4 is 10.2 Å². The van der Waals surface area contributed by atoms with Gasteiger partial charge in [-0.25, -0.2) is 4.98 Å². The summed E-state index contributed by atoms with van der Waals surface area (Å²) in [6, 6.07) is 4.25. The third kappa shape index (κ3) is 4.69. The summed E-state index contributed by atoms with van der Waals surface area (Å²) in [4.78, 5) is 33.0. The zero-order valence-corrected chi connectivity index (χ0v) is 18.9. The Morgan fingerprint density at radius 3 is 2.75 bits per heavy atom. The van der Waals surface area contributed by atoms with Crippen molar-refractivity contribution in [3.63, 3.8) is 0 Å². The maximum Gasteiger partial charge on any atom is 0.246 e. The van der Waals surface area contributed by atoms with Crippen molar-refractivity contribution in [2.45, 2.75) is 51.5 Å². The van der Waals surface area contributed by atoms with E-state index in [1.54, 1.807) is 4.90 Å². The van der Waals surface area contributed by atoms with Crippen LogP contribution in [-0.4, -0.2) is 53.9 Å². The van der Waals surface area contributed by atoms with Gasteiger partial charge in [-0.05, 0) is 57.2 Å². The minimum atomic E-state index is -0.0892. The number of carbonyl (C=O) groups excluding carboxylic acids is 2. The van der Waals surface area contributed by atoms with Gasteiger partial charge in [0.2, 0.25) is 11.8 Å². The van der Waals surface area contributed by atoms with E-state index in [1.807, 2.05) is 19.9 Å². The lowest BCUT2D eigenvalue weighted by atomic mass is 9.99. The van der Waals surface area contributed by atoms with E-state index in [1.165, 1.54) is 6.08 Å². The highest BCUT2D eigenvalue weighted by molar-refractivity contribution is 5.90. The van der Waals surface area contributed by atoms with Crippen LogP contribution in [0.1, 0.15) is 62.3 Å². The summed E-state index contributed by atoms with van der Waals surface area (Å²) in [6.07, 6.45) is 7.53. The molecular weight excluding hydrogens is 402 g/mol. The fraction of sp³-hybridized carbons (Fsp3) is 0.520. The lowest BCUT2D eigenvalue weighted by molar-refractivity contribution is -0.124. The molecule has 0 bridgehead atoms. The highest BCUT2D eigenvalue weighted by atomic mass is 16.2. The number of nitrogens with one attached hydrogen (secondary N) is 1. The monoisotopic (exact) mass is 433 g/mol.